The molecule has 1 aromatic carbocycles. The predicted octanol–water partition coefficient (Wildman–Crippen LogP) is 0.782. The van der Waals surface area contributed by atoms with Crippen LogP contribution in [0.25, 0.3) is 0 Å². The smallest absolute Gasteiger partial charge is 0.170 e. The summed E-state index contributed by atoms with van der Waals surface area (Å²) in [6, 6.07) is 4.27. The Hall–Kier alpha value is -1.66. The van der Waals surface area contributed by atoms with E-state index in [9.17, 15) is 4.39 Å². The highest BCUT2D eigenvalue weighted by Crippen LogP contribution is 2.09. The lowest BCUT2D eigenvalue weighted by atomic mass is 10.1. The highest BCUT2D eigenvalue weighted by atomic mass is 19.1. The minimum Gasteiger partial charge on any atom is -0.409 e. The van der Waals surface area contributed by atoms with E-state index >= 15 is 0 Å². The molecule has 0 heterocycles. The molecule has 0 aliphatic carbocycles. The Kier molecular flexibility index (Phi) is 6.10. The van der Waals surface area contributed by atoms with Gasteiger partial charge in [0.2, 0.25) is 0 Å². The fraction of sp³-hybridized carbons (Fsp3) is 0.417. The molecule has 0 saturated carbocycles. The van der Waals surface area contributed by atoms with Gasteiger partial charge in [0.15, 0.2) is 5.84 Å². The standard InChI is InChI=1S/C12H18FN3O2/c13-11-6-9(8-15-3-1-2-4-17)5-10(7-11)12(14)16-18/h5-7,15,17-18H,1-4,8H2,(H2,14,16). The fourth-order valence-electron chi connectivity index (χ4n) is 1.55. The second-order valence-electron chi connectivity index (χ2n) is 3.94. The summed E-state index contributed by atoms with van der Waals surface area (Å²) >= 11 is 0. The number of nitrogens with zero attached hydrogens (tertiary/aromatic N) is 1. The Morgan fingerprint density at radius 1 is 1.33 bits per heavy atom. The van der Waals surface area contributed by atoms with Crippen molar-refractivity contribution in [2.75, 3.05) is 13.2 Å². The third kappa shape index (κ3) is 4.68. The number of hydrogen-bond donors (Lipinski definition) is 4. The first kappa shape index (κ1) is 14.4. The molecule has 0 radical (unpaired) electrons. The lowest BCUT2D eigenvalue weighted by Crippen LogP contribution is -2.17. The maximum atomic E-state index is 13.3. The Labute approximate surface area is 105 Å². The highest BCUT2D eigenvalue weighted by molar-refractivity contribution is 5.97. The molecule has 0 aromatic heterocycles. The van der Waals surface area contributed by atoms with Gasteiger partial charge >= 0.3 is 0 Å². The van der Waals surface area contributed by atoms with E-state index in [2.05, 4.69) is 10.5 Å². The zero-order chi connectivity index (χ0) is 13.4. The maximum absolute atomic E-state index is 13.3. The summed E-state index contributed by atoms with van der Waals surface area (Å²) in [5.74, 6) is -0.540. The van der Waals surface area contributed by atoms with E-state index in [1.165, 1.54) is 12.1 Å². The molecular weight excluding hydrogens is 237 g/mol. The van der Waals surface area contributed by atoms with Crippen molar-refractivity contribution in [3.8, 4) is 0 Å². The number of halogens is 1. The number of unbranched alkanes of at least 4 members (excludes halogenated alkanes) is 1. The maximum Gasteiger partial charge on any atom is 0.170 e. The van der Waals surface area contributed by atoms with Crippen LogP contribution in [0.15, 0.2) is 23.4 Å². The molecule has 0 aliphatic heterocycles. The summed E-state index contributed by atoms with van der Waals surface area (Å²) in [6.07, 6.45) is 1.60. The third-order valence-electron chi connectivity index (χ3n) is 2.45. The zero-order valence-electron chi connectivity index (χ0n) is 10.1. The van der Waals surface area contributed by atoms with E-state index in [-0.39, 0.29) is 12.4 Å². The van der Waals surface area contributed by atoms with Crippen LogP contribution in [0.3, 0.4) is 0 Å². The molecular formula is C12H18FN3O2. The molecule has 0 amide bonds. The summed E-state index contributed by atoms with van der Waals surface area (Å²) in [5.41, 5.74) is 6.49. The SMILES string of the molecule is N/C(=N/O)c1cc(F)cc(CNCCCCO)c1. The van der Waals surface area contributed by atoms with Crippen LogP contribution in [0, 0.1) is 5.82 Å². The van der Waals surface area contributed by atoms with Crippen molar-refractivity contribution in [1.82, 2.24) is 5.32 Å². The Balaban J connectivity index is 2.58. The molecule has 5 nitrogen and oxygen atoms in total. The van der Waals surface area contributed by atoms with Crippen LogP contribution in [0.1, 0.15) is 24.0 Å². The Bertz CT molecular complexity index is 410. The van der Waals surface area contributed by atoms with Crippen molar-refractivity contribution in [2.45, 2.75) is 19.4 Å². The van der Waals surface area contributed by atoms with E-state index in [4.69, 9.17) is 16.0 Å². The number of nitrogens with one attached hydrogen (secondary N) is 1. The number of rotatable bonds is 7. The van der Waals surface area contributed by atoms with E-state index < -0.39 is 5.82 Å². The second kappa shape index (κ2) is 7.62. The summed E-state index contributed by atoms with van der Waals surface area (Å²) in [5, 5.41) is 23.1. The number of aliphatic hydroxyl groups is 1. The van der Waals surface area contributed by atoms with Gasteiger partial charge in [-0.05, 0) is 43.1 Å². The number of benzene rings is 1. The number of oxime groups is 1. The van der Waals surface area contributed by atoms with Crippen LogP contribution in [-0.2, 0) is 6.54 Å². The molecule has 0 unspecified atom stereocenters. The molecule has 1 rings (SSSR count). The van der Waals surface area contributed by atoms with E-state index in [0.29, 0.717) is 12.1 Å². The summed E-state index contributed by atoms with van der Waals surface area (Å²) < 4.78 is 13.3. The molecule has 0 aliphatic rings. The van der Waals surface area contributed by atoms with Gasteiger partial charge in [-0.1, -0.05) is 5.16 Å². The van der Waals surface area contributed by atoms with Crippen LogP contribution in [0.4, 0.5) is 4.39 Å². The van der Waals surface area contributed by atoms with Gasteiger partial charge in [0, 0.05) is 18.7 Å². The number of hydrogen-bond acceptors (Lipinski definition) is 4. The molecule has 0 fully saturated rings. The lowest BCUT2D eigenvalue weighted by molar-refractivity contribution is 0.283. The van der Waals surface area contributed by atoms with Crippen LogP contribution in [0.5, 0.6) is 0 Å². The second-order valence-corrected chi connectivity index (χ2v) is 3.94. The van der Waals surface area contributed by atoms with Crippen molar-refractivity contribution < 1.29 is 14.7 Å². The zero-order valence-corrected chi connectivity index (χ0v) is 10.1. The molecule has 100 valence electrons. The normalized spacial score (nSPS) is 11.8. The molecule has 0 atom stereocenters. The van der Waals surface area contributed by atoms with Gasteiger partial charge in [-0.2, -0.15) is 0 Å². The van der Waals surface area contributed by atoms with E-state index in [1.807, 2.05) is 0 Å². The minimum atomic E-state index is -0.425. The van der Waals surface area contributed by atoms with Gasteiger partial charge in [-0.3, -0.25) is 0 Å². The van der Waals surface area contributed by atoms with Crippen LogP contribution >= 0.6 is 0 Å². The molecule has 0 bridgehead atoms. The van der Waals surface area contributed by atoms with Crippen LogP contribution in [0.2, 0.25) is 0 Å². The summed E-state index contributed by atoms with van der Waals surface area (Å²) in [7, 11) is 0. The third-order valence-corrected chi connectivity index (χ3v) is 2.45. The molecule has 1 aromatic rings. The quantitative estimate of drug-likeness (QED) is 0.190. The first-order valence-electron chi connectivity index (χ1n) is 5.76. The van der Waals surface area contributed by atoms with Crippen molar-refractivity contribution in [3.63, 3.8) is 0 Å². The van der Waals surface area contributed by atoms with Gasteiger partial charge in [0.1, 0.15) is 5.82 Å². The minimum absolute atomic E-state index is 0.115. The van der Waals surface area contributed by atoms with Crippen molar-refractivity contribution >= 4 is 5.84 Å². The molecule has 0 spiro atoms. The van der Waals surface area contributed by atoms with Gasteiger partial charge in [0.25, 0.3) is 0 Å². The number of nitrogens with two attached hydrogens (primary N) is 1. The average Bonchev–Trinajstić information content (AvgIpc) is 2.37. The first-order valence-corrected chi connectivity index (χ1v) is 5.76. The van der Waals surface area contributed by atoms with E-state index in [1.54, 1.807) is 6.07 Å². The summed E-state index contributed by atoms with van der Waals surface area (Å²) in [6.45, 7) is 1.42. The average molecular weight is 255 g/mol. The Morgan fingerprint density at radius 3 is 2.78 bits per heavy atom. The van der Waals surface area contributed by atoms with Gasteiger partial charge in [-0.15, -0.1) is 0 Å². The number of aliphatic hydroxyl groups excluding tert-OH is 1. The molecule has 5 N–H and O–H groups in total. The predicted molar refractivity (Wildman–Crippen MR) is 66.9 cm³/mol. The number of amidine groups is 1. The van der Waals surface area contributed by atoms with Gasteiger partial charge < -0.3 is 21.4 Å². The monoisotopic (exact) mass is 255 g/mol. The topological polar surface area (TPSA) is 90.9 Å². The van der Waals surface area contributed by atoms with Crippen molar-refractivity contribution in [3.05, 3.63) is 35.1 Å². The molecule has 0 saturated heterocycles. The van der Waals surface area contributed by atoms with Crippen LogP contribution in [-0.4, -0.2) is 29.3 Å². The van der Waals surface area contributed by atoms with Crippen molar-refractivity contribution in [2.24, 2.45) is 10.9 Å². The van der Waals surface area contributed by atoms with Crippen molar-refractivity contribution in [1.29, 1.82) is 0 Å². The Morgan fingerprint density at radius 2 is 2.11 bits per heavy atom. The molecule has 6 heteroatoms. The summed E-state index contributed by atoms with van der Waals surface area (Å²) in [4.78, 5) is 0. The van der Waals surface area contributed by atoms with E-state index in [0.717, 1.165) is 24.9 Å². The largest absolute Gasteiger partial charge is 0.409 e. The first-order chi connectivity index (χ1) is 8.67. The fourth-order valence-corrected chi connectivity index (χ4v) is 1.55. The van der Waals surface area contributed by atoms with Gasteiger partial charge in [-0.25, -0.2) is 4.39 Å². The van der Waals surface area contributed by atoms with Crippen LogP contribution < -0.4 is 11.1 Å². The molecule has 18 heavy (non-hydrogen) atoms. The highest BCUT2D eigenvalue weighted by Gasteiger charge is 2.04. The van der Waals surface area contributed by atoms with Gasteiger partial charge in [0.05, 0.1) is 0 Å². The lowest BCUT2D eigenvalue weighted by Gasteiger charge is -2.07.